The van der Waals surface area contributed by atoms with E-state index in [4.69, 9.17) is 4.74 Å². The van der Waals surface area contributed by atoms with Gasteiger partial charge in [0.1, 0.15) is 5.69 Å². The second kappa shape index (κ2) is 9.36. The summed E-state index contributed by atoms with van der Waals surface area (Å²) in [4.78, 5) is 31.6. The van der Waals surface area contributed by atoms with Gasteiger partial charge in [-0.3, -0.25) is 9.59 Å². The highest BCUT2D eigenvalue weighted by molar-refractivity contribution is 5.92. The van der Waals surface area contributed by atoms with Gasteiger partial charge in [0, 0.05) is 44.7 Å². The van der Waals surface area contributed by atoms with Gasteiger partial charge in [0.25, 0.3) is 5.91 Å². The Morgan fingerprint density at radius 1 is 1.41 bits per heavy atom. The lowest BCUT2D eigenvalue weighted by molar-refractivity contribution is -0.127. The van der Waals surface area contributed by atoms with Crippen molar-refractivity contribution in [3.8, 4) is 0 Å². The topological polar surface area (TPSA) is 101 Å². The molecule has 1 aliphatic carbocycles. The molecule has 0 bridgehead atoms. The van der Waals surface area contributed by atoms with Crippen LogP contribution in [0.2, 0.25) is 0 Å². The van der Waals surface area contributed by atoms with Crippen LogP contribution in [0.1, 0.15) is 36.2 Å². The SMILES string of the molecule is CO[C@H]1C[C@@H](C(=O)NCCCn2ccnc2)CC[C@@H]1NC(=O)c1ccc[nH]1. The molecule has 0 unspecified atom stereocenters. The van der Waals surface area contributed by atoms with Crippen LogP contribution in [0.15, 0.2) is 37.1 Å². The number of aromatic amines is 1. The Morgan fingerprint density at radius 3 is 3.00 bits per heavy atom. The van der Waals surface area contributed by atoms with Crippen molar-refractivity contribution in [2.45, 2.75) is 44.4 Å². The van der Waals surface area contributed by atoms with E-state index in [0.717, 1.165) is 25.8 Å². The van der Waals surface area contributed by atoms with Crippen molar-refractivity contribution >= 4 is 11.8 Å². The number of carbonyl (C=O) groups is 2. The Hall–Kier alpha value is -2.61. The third-order valence-electron chi connectivity index (χ3n) is 5.08. The van der Waals surface area contributed by atoms with Gasteiger partial charge in [-0.2, -0.15) is 0 Å². The maximum atomic E-state index is 12.5. The predicted molar refractivity (Wildman–Crippen MR) is 100 cm³/mol. The number of nitrogens with zero attached hydrogens (tertiary/aromatic N) is 2. The van der Waals surface area contributed by atoms with Gasteiger partial charge in [-0.1, -0.05) is 0 Å². The van der Waals surface area contributed by atoms with E-state index in [2.05, 4.69) is 20.6 Å². The Bertz CT molecular complexity index is 714. The zero-order chi connectivity index (χ0) is 19.1. The van der Waals surface area contributed by atoms with Crippen LogP contribution in [0.3, 0.4) is 0 Å². The van der Waals surface area contributed by atoms with Crippen LogP contribution in [0.5, 0.6) is 0 Å². The van der Waals surface area contributed by atoms with Gasteiger partial charge in [-0.05, 0) is 37.8 Å². The number of nitrogens with one attached hydrogen (secondary N) is 3. The van der Waals surface area contributed by atoms with E-state index in [-0.39, 0.29) is 29.9 Å². The number of ether oxygens (including phenoxy) is 1. The number of hydrogen-bond donors (Lipinski definition) is 3. The third-order valence-corrected chi connectivity index (χ3v) is 5.08. The summed E-state index contributed by atoms with van der Waals surface area (Å²) < 4.78 is 7.55. The van der Waals surface area contributed by atoms with E-state index < -0.39 is 0 Å². The molecule has 2 heterocycles. The van der Waals surface area contributed by atoms with Crippen molar-refractivity contribution in [3.63, 3.8) is 0 Å². The number of hydrogen-bond acceptors (Lipinski definition) is 4. The Kier molecular flexibility index (Phi) is 6.64. The zero-order valence-corrected chi connectivity index (χ0v) is 15.6. The molecule has 2 aromatic heterocycles. The number of imidazole rings is 1. The van der Waals surface area contributed by atoms with Crippen molar-refractivity contribution in [2.24, 2.45) is 5.92 Å². The van der Waals surface area contributed by atoms with Crippen LogP contribution in [0.25, 0.3) is 0 Å². The summed E-state index contributed by atoms with van der Waals surface area (Å²) in [6.45, 7) is 1.47. The normalized spacial score (nSPS) is 22.3. The summed E-state index contributed by atoms with van der Waals surface area (Å²) in [7, 11) is 1.63. The number of aryl methyl sites for hydroxylation is 1. The number of rotatable bonds is 8. The molecule has 1 saturated carbocycles. The molecule has 2 aromatic rings. The molecular formula is C19H27N5O3. The molecular weight excluding hydrogens is 346 g/mol. The summed E-state index contributed by atoms with van der Waals surface area (Å²) in [5, 5.41) is 6.03. The molecule has 3 rings (SSSR count). The summed E-state index contributed by atoms with van der Waals surface area (Å²) in [5.74, 6) is -0.159. The molecule has 8 heteroatoms. The standard InChI is InChI=1S/C19H27N5O3/c1-27-17-12-14(18(25)22-8-3-10-24-11-9-20-13-24)5-6-15(17)23-19(26)16-4-2-7-21-16/h2,4,7,9,11,13-15,17,21H,3,5-6,8,10,12H2,1H3,(H,22,25)(H,23,26)/t14-,15-,17-/m0/s1. The fraction of sp³-hybridized carbons (Fsp3) is 0.526. The van der Waals surface area contributed by atoms with E-state index in [1.165, 1.54) is 0 Å². The summed E-state index contributed by atoms with van der Waals surface area (Å²) >= 11 is 0. The van der Waals surface area contributed by atoms with E-state index in [1.54, 1.807) is 38.0 Å². The lowest BCUT2D eigenvalue weighted by atomic mass is 9.83. The average Bonchev–Trinajstić information content (AvgIpc) is 3.39. The minimum Gasteiger partial charge on any atom is -0.379 e. The molecule has 1 aliphatic rings. The van der Waals surface area contributed by atoms with E-state index in [0.29, 0.717) is 18.7 Å². The van der Waals surface area contributed by atoms with Gasteiger partial charge >= 0.3 is 0 Å². The Labute approximate surface area is 158 Å². The van der Waals surface area contributed by atoms with Crippen molar-refractivity contribution in [3.05, 3.63) is 42.7 Å². The lowest BCUT2D eigenvalue weighted by Gasteiger charge is -2.35. The first-order valence-corrected chi connectivity index (χ1v) is 9.38. The van der Waals surface area contributed by atoms with Gasteiger partial charge < -0.3 is 24.9 Å². The number of methoxy groups -OCH3 is 1. The number of H-pyrrole nitrogens is 1. The molecule has 146 valence electrons. The van der Waals surface area contributed by atoms with E-state index in [9.17, 15) is 9.59 Å². The van der Waals surface area contributed by atoms with Crippen LogP contribution in [0, 0.1) is 5.92 Å². The molecule has 0 saturated heterocycles. The first-order chi connectivity index (χ1) is 13.2. The Morgan fingerprint density at radius 2 is 2.30 bits per heavy atom. The number of aromatic nitrogens is 3. The minimum atomic E-state index is -0.167. The van der Waals surface area contributed by atoms with E-state index in [1.807, 2.05) is 10.8 Å². The smallest absolute Gasteiger partial charge is 0.267 e. The molecule has 1 fully saturated rings. The van der Waals surface area contributed by atoms with Crippen molar-refractivity contribution in [1.29, 1.82) is 0 Å². The highest BCUT2D eigenvalue weighted by Crippen LogP contribution is 2.27. The maximum Gasteiger partial charge on any atom is 0.267 e. The summed E-state index contributed by atoms with van der Waals surface area (Å²) in [5.41, 5.74) is 0.530. The second-order valence-corrected chi connectivity index (χ2v) is 6.89. The van der Waals surface area contributed by atoms with Crippen LogP contribution < -0.4 is 10.6 Å². The van der Waals surface area contributed by atoms with Crippen LogP contribution in [-0.2, 0) is 16.1 Å². The van der Waals surface area contributed by atoms with Gasteiger partial charge in [-0.15, -0.1) is 0 Å². The highest BCUT2D eigenvalue weighted by atomic mass is 16.5. The number of carbonyl (C=O) groups excluding carboxylic acids is 2. The predicted octanol–water partition coefficient (Wildman–Crippen LogP) is 1.33. The number of amides is 2. The molecule has 0 radical (unpaired) electrons. The molecule has 0 aromatic carbocycles. The summed E-state index contributed by atoms with van der Waals surface area (Å²) in [6.07, 6.45) is 9.91. The van der Waals surface area contributed by atoms with Gasteiger partial charge in [0.15, 0.2) is 0 Å². The lowest BCUT2D eigenvalue weighted by Crippen LogP contribution is -2.49. The molecule has 3 atom stereocenters. The first-order valence-electron chi connectivity index (χ1n) is 9.38. The largest absolute Gasteiger partial charge is 0.379 e. The van der Waals surface area contributed by atoms with Crippen molar-refractivity contribution < 1.29 is 14.3 Å². The third kappa shape index (κ3) is 5.19. The fourth-order valence-electron chi connectivity index (χ4n) is 3.55. The van der Waals surface area contributed by atoms with Crippen LogP contribution >= 0.6 is 0 Å². The molecule has 2 amide bonds. The molecule has 27 heavy (non-hydrogen) atoms. The molecule has 0 spiro atoms. The maximum absolute atomic E-state index is 12.5. The van der Waals surface area contributed by atoms with Gasteiger partial charge in [-0.25, -0.2) is 4.98 Å². The average molecular weight is 373 g/mol. The fourth-order valence-corrected chi connectivity index (χ4v) is 3.55. The second-order valence-electron chi connectivity index (χ2n) is 6.89. The quantitative estimate of drug-likeness (QED) is 0.608. The van der Waals surface area contributed by atoms with Gasteiger partial charge in [0.2, 0.25) is 5.91 Å². The molecule has 8 nitrogen and oxygen atoms in total. The zero-order valence-electron chi connectivity index (χ0n) is 15.6. The molecule has 0 aliphatic heterocycles. The highest BCUT2D eigenvalue weighted by Gasteiger charge is 2.34. The first kappa shape index (κ1) is 19.2. The monoisotopic (exact) mass is 373 g/mol. The van der Waals surface area contributed by atoms with Gasteiger partial charge in [0.05, 0.1) is 18.5 Å². The minimum absolute atomic E-state index is 0.0665. The summed E-state index contributed by atoms with van der Waals surface area (Å²) in [6, 6.07) is 3.44. The van der Waals surface area contributed by atoms with Crippen molar-refractivity contribution in [2.75, 3.05) is 13.7 Å². The van der Waals surface area contributed by atoms with E-state index >= 15 is 0 Å². The molecule has 3 N–H and O–H groups in total. The Balaban J connectivity index is 1.42. The van der Waals surface area contributed by atoms with Crippen LogP contribution in [-0.4, -0.2) is 52.1 Å². The van der Waals surface area contributed by atoms with Crippen molar-refractivity contribution in [1.82, 2.24) is 25.2 Å². The van der Waals surface area contributed by atoms with Crippen LogP contribution in [0.4, 0.5) is 0 Å².